The molecule has 0 aliphatic heterocycles. The number of hydrogen-bond acceptors (Lipinski definition) is 2. The third-order valence-electron chi connectivity index (χ3n) is 1.26. The highest BCUT2D eigenvalue weighted by Gasteiger charge is 2.13. The Bertz CT molecular complexity index is 90.9. The number of quaternary nitrogens is 1. The second-order valence-corrected chi connectivity index (χ2v) is 3.70. The zero-order valence-corrected chi connectivity index (χ0v) is 7.67. The van der Waals surface area contributed by atoms with Crippen molar-refractivity contribution < 1.29 is 15.1 Å². The quantitative estimate of drug-likeness (QED) is 0.501. The summed E-state index contributed by atoms with van der Waals surface area (Å²) in [5, 5.41) is 9.29. The molecule has 0 saturated carbocycles. The van der Waals surface area contributed by atoms with E-state index in [1.54, 1.807) is 0 Å². The first-order valence-corrected chi connectivity index (χ1v) is 3.64. The van der Waals surface area contributed by atoms with E-state index in [-0.39, 0.29) is 11.6 Å². The molecule has 0 heterocycles. The molecule has 0 rings (SSSR count). The average molecular weight is 165 g/mol. The van der Waals surface area contributed by atoms with Crippen LogP contribution in [0.1, 0.15) is 6.42 Å². The lowest BCUT2D eigenvalue weighted by atomic mass is 10.2. The first-order valence-electron chi connectivity index (χ1n) is 3.64. The van der Waals surface area contributed by atoms with Crippen molar-refractivity contribution in [2.75, 3.05) is 34.2 Å². The fraction of sp³-hybridized carbons (Fsp3) is 1.00. The summed E-state index contributed by atoms with van der Waals surface area (Å²) in [6.45, 7) is 1.35. The fourth-order valence-electron chi connectivity index (χ4n) is 0.916. The Labute approximate surface area is 68.5 Å². The highest BCUT2D eigenvalue weighted by molar-refractivity contribution is 4.52. The van der Waals surface area contributed by atoms with Crippen LogP contribution in [-0.2, 0) is 0 Å². The van der Waals surface area contributed by atoms with Gasteiger partial charge in [0.15, 0.2) is 0 Å². The van der Waals surface area contributed by atoms with Gasteiger partial charge in [0.05, 0.1) is 21.1 Å². The summed E-state index contributed by atoms with van der Waals surface area (Å²) in [5.41, 5.74) is 5.28. The highest BCUT2D eigenvalue weighted by atomic mass is 16.3. The molecule has 0 aromatic carbocycles. The van der Waals surface area contributed by atoms with Crippen LogP contribution in [0.25, 0.3) is 0 Å². The monoisotopic (exact) mass is 165 g/mol. The molecular weight excluding hydrogens is 144 g/mol. The fourth-order valence-corrected chi connectivity index (χ4v) is 0.916. The zero-order valence-electron chi connectivity index (χ0n) is 7.67. The second-order valence-electron chi connectivity index (χ2n) is 3.70. The van der Waals surface area contributed by atoms with Crippen LogP contribution in [0, 0.1) is 0 Å². The molecule has 0 bridgehead atoms. The second kappa shape index (κ2) is 5.49. The Morgan fingerprint density at radius 2 is 1.82 bits per heavy atom. The van der Waals surface area contributed by atoms with Gasteiger partial charge in [0.25, 0.3) is 0 Å². The van der Waals surface area contributed by atoms with E-state index in [2.05, 4.69) is 21.1 Å². The lowest BCUT2D eigenvalue weighted by Gasteiger charge is -2.26. The van der Waals surface area contributed by atoms with Crippen molar-refractivity contribution in [1.29, 1.82) is 0 Å². The molecule has 1 atom stereocenters. The average Bonchev–Trinajstić information content (AvgIpc) is 1.59. The largest absolute Gasteiger partial charge is 0.412 e. The van der Waals surface area contributed by atoms with Gasteiger partial charge in [-0.15, -0.1) is 0 Å². The summed E-state index contributed by atoms with van der Waals surface area (Å²) in [4.78, 5) is 0. The van der Waals surface area contributed by atoms with E-state index in [1.807, 2.05) is 0 Å². The van der Waals surface area contributed by atoms with E-state index in [9.17, 15) is 5.11 Å². The summed E-state index contributed by atoms with van der Waals surface area (Å²) in [7, 11) is 6.17. The van der Waals surface area contributed by atoms with Gasteiger partial charge in [0.2, 0.25) is 0 Å². The van der Waals surface area contributed by atoms with Crippen molar-refractivity contribution >= 4 is 0 Å². The molecule has 0 aliphatic carbocycles. The Morgan fingerprint density at radius 3 is 2.09 bits per heavy atom. The molecule has 0 aromatic heterocycles. The smallest absolute Gasteiger partial charge is 0.104 e. The van der Waals surface area contributed by atoms with E-state index >= 15 is 0 Å². The van der Waals surface area contributed by atoms with Crippen LogP contribution in [0.2, 0.25) is 0 Å². The number of aliphatic hydroxyl groups excluding tert-OH is 1. The Balaban J connectivity index is 0. The number of hydrogen-bond donors (Lipinski definition) is 2. The summed E-state index contributed by atoms with van der Waals surface area (Å²) in [6.07, 6.45) is 0.459. The van der Waals surface area contributed by atoms with Gasteiger partial charge in [-0.1, -0.05) is 0 Å². The number of nitrogens with zero attached hydrogens (tertiary/aromatic N) is 1. The lowest BCUT2D eigenvalue weighted by Crippen LogP contribution is -2.41. The van der Waals surface area contributed by atoms with Gasteiger partial charge in [0.1, 0.15) is 12.6 Å². The van der Waals surface area contributed by atoms with E-state index in [1.165, 1.54) is 0 Å². The summed E-state index contributed by atoms with van der Waals surface area (Å²) >= 11 is 0. The maximum Gasteiger partial charge on any atom is 0.104 e. The van der Waals surface area contributed by atoms with Gasteiger partial charge in [-0.2, -0.15) is 0 Å². The molecule has 0 aliphatic rings. The zero-order chi connectivity index (χ0) is 8.20. The third kappa shape index (κ3) is 9.84. The van der Waals surface area contributed by atoms with Crippen molar-refractivity contribution in [2.45, 2.75) is 12.5 Å². The summed E-state index contributed by atoms with van der Waals surface area (Å²) in [5.74, 6) is 0. The summed E-state index contributed by atoms with van der Waals surface area (Å²) < 4.78 is 0.793. The maximum atomic E-state index is 9.29. The van der Waals surface area contributed by atoms with E-state index < -0.39 is 0 Å². The SMILES string of the molecule is C[N+](C)(C)CC(O)CCN.O. The number of nitrogens with two attached hydrogens (primary N) is 1. The minimum atomic E-state index is -0.245. The Hall–Kier alpha value is -0.160. The molecule has 5 N–H and O–H groups in total. The van der Waals surface area contributed by atoms with Crippen LogP contribution in [0.4, 0.5) is 0 Å². The number of aliphatic hydroxyl groups is 1. The molecule has 0 aromatic rings. The van der Waals surface area contributed by atoms with Crippen LogP contribution in [0.5, 0.6) is 0 Å². The molecular formula is C7H21N2O2+. The predicted octanol–water partition coefficient (Wildman–Crippen LogP) is -1.42. The number of likely N-dealkylation sites (N-methyl/N-ethyl adjacent to an activating group) is 1. The normalized spacial score (nSPS) is 13.9. The van der Waals surface area contributed by atoms with Crippen molar-refractivity contribution in [3.63, 3.8) is 0 Å². The van der Waals surface area contributed by atoms with E-state index in [0.717, 1.165) is 11.0 Å². The molecule has 0 radical (unpaired) electrons. The summed E-state index contributed by atoms with van der Waals surface area (Å²) in [6, 6.07) is 0. The predicted molar refractivity (Wildman–Crippen MR) is 46.2 cm³/mol. The van der Waals surface area contributed by atoms with Gasteiger partial charge in [0, 0.05) is 0 Å². The Kier molecular flexibility index (Phi) is 6.70. The van der Waals surface area contributed by atoms with Crippen molar-refractivity contribution in [2.24, 2.45) is 5.73 Å². The van der Waals surface area contributed by atoms with E-state index in [4.69, 9.17) is 5.73 Å². The number of rotatable bonds is 4. The van der Waals surface area contributed by atoms with Crippen LogP contribution in [-0.4, -0.2) is 55.4 Å². The van der Waals surface area contributed by atoms with Crippen molar-refractivity contribution in [3.05, 3.63) is 0 Å². The molecule has 70 valence electrons. The first kappa shape index (κ1) is 13.4. The minimum Gasteiger partial charge on any atom is -0.412 e. The molecule has 11 heavy (non-hydrogen) atoms. The standard InChI is InChI=1S/C7H19N2O.H2O/c1-9(2,3)6-7(10)4-5-8;/h7,10H,4-6,8H2,1-3H3;1H2/q+1;. The maximum absolute atomic E-state index is 9.29. The van der Waals surface area contributed by atoms with Gasteiger partial charge < -0.3 is 20.8 Å². The molecule has 0 spiro atoms. The van der Waals surface area contributed by atoms with Gasteiger partial charge in [-0.25, -0.2) is 0 Å². The molecule has 4 nitrogen and oxygen atoms in total. The van der Waals surface area contributed by atoms with E-state index in [0.29, 0.717) is 13.0 Å². The third-order valence-corrected chi connectivity index (χ3v) is 1.26. The van der Waals surface area contributed by atoms with Gasteiger partial charge in [-0.3, -0.25) is 0 Å². The molecule has 0 fully saturated rings. The lowest BCUT2D eigenvalue weighted by molar-refractivity contribution is -0.873. The first-order chi connectivity index (χ1) is 4.45. The minimum absolute atomic E-state index is 0. The Morgan fingerprint density at radius 1 is 1.36 bits per heavy atom. The van der Waals surface area contributed by atoms with Crippen molar-refractivity contribution in [1.82, 2.24) is 0 Å². The van der Waals surface area contributed by atoms with Crippen LogP contribution in [0.3, 0.4) is 0 Å². The molecule has 1 unspecified atom stereocenters. The molecule has 0 saturated heterocycles. The van der Waals surface area contributed by atoms with Gasteiger partial charge >= 0.3 is 0 Å². The van der Waals surface area contributed by atoms with Gasteiger partial charge in [-0.05, 0) is 13.0 Å². The molecule has 4 heteroatoms. The van der Waals surface area contributed by atoms with Crippen LogP contribution < -0.4 is 5.73 Å². The molecule has 0 amide bonds. The highest BCUT2D eigenvalue weighted by Crippen LogP contribution is 1.97. The van der Waals surface area contributed by atoms with Crippen LogP contribution in [0.15, 0.2) is 0 Å². The topological polar surface area (TPSA) is 77.8 Å². The van der Waals surface area contributed by atoms with Crippen molar-refractivity contribution in [3.8, 4) is 0 Å². The van der Waals surface area contributed by atoms with Crippen LogP contribution >= 0.6 is 0 Å².